The highest BCUT2D eigenvalue weighted by Crippen LogP contribution is 2.40. The van der Waals surface area contributed by atoms with E-state index in [2.05, 4.69) is 11.0 Å². The van der Waals surface area contributed by atoms with E-state index in [1.54, 1.807) is 27.4 Å². The van der Waals surface area contributed by atoms with Crippen molar-refractivity contribution in [3.63, 3.8) is 0 Å². The molecule has 0 saturated heterocycles. The van der Waals surface area contributed by atoms with Crippen molar-refractivity contribution in [1.82, 2.24) is 4.90 Å². The van der Waals surface area contributed by atoms with Gasteiger partial charge in [0.25, 0.3) is 0 Å². The summed E-state index contributed by atoms with van der Waals surface area (Å²) in [5.41, 5.74) is 2.86. The van der Waals surface area contributed by atoms with E-state index in [0.717, 1.165) is 42.1 Å². The zero-order valence-corrected chi connectivity index (χ0v) is 15.4. The normalized spacial score (nSPS) is 14.7. The fourth-order valence-corrected chi connectivity index (χ4v) is 3.27. The Hall–Kier alpha value is -2.53. The molecule has 5 heteroatoms. The summed E-state index contributed by atoms with van der Waals surface area (Å²) in [4.78, 5) is 2.23. The van der Waals surface area contributed by atoms with Crippen LogP contribution in [-0.2, 0) is 6.54 Å². The Bertz CT molecular complexity index is 779. The highest BCUT2D eigenvalue weighted by molar-refractivity contribution is 5.77. The smallest absolute Gasteiger partial charge is 0.133 e. The molecule has 2 aromatic rings. The fourth-order valence-electron chi connectivity index (χ4n) is 3.27. The van der Waals surface area contributed by atoms with Crippen LogP contribution in [0.15, 0.2) is 42.5 Å². The molecule has 26 heavy (non-hydrogen) atoms. The molecule has 0 fully saturated rings. The second kappa shape index (κ2) is 8.23. The summed E-state index contributed by atoms with van der Waals surface area (Å²) in [6, 6.07) is 10.7. The van der Waals surface area contributed by atoms with Crippen molar-refractivity contribution in [1.29, 1.82) is 0 Å². The number of rotatable bonds is 6. The van der Waals surface area contributed by atoms with Crippen LogP contribution >= 0.6 is 0 Å². The third-order valence-corrected chi connectivity index (χ3v) is 4.68. The topological polar surface area (TPSA) is 30.9 Å². The monoisotopic (exact) mass is 357 g/mol. The molecule has 138 valence electrons. The Morgan fingerprint density at radius 1 is 1.00 bits per heavy atom. The van der Waals surface area contributed by atoms with Crippen molar-refractivity contribution in [3.8, 4) is 17.2 Å². The van der Waals surface area contributed by atoms with Crippen LogP contribution in [0.4, 0.5) is 4.39 Å². The highest BCUT2D eigenvalue weighted by Gasteiger charge is 2.21. The minimum Gasteiger partial charge on any atom is -0.496 e. The molecule has 3 rings (SSSR count). The molecule has 0 aliphatic carbocycles. The number of ether oxygens (including phenoxy) is 3. The zero-order chi connectivity index (χ0) is 18.5. The van der Waals surface area contributed by atoms with Gasteiger partial charge in [0, 0.05) is 37.3 Å². The second-order valence-electron chi connectivity index (χ2n) is 6.21. The summed E-state index contributed by atoms with van der Waals surface area (Å²) in [6.45, 7) is 2.20. The van der Waals surface area contributed by atoms with Crippen molar-refractivity contribution in [2.75, 3.05) is 34.4 Å². The predicted molar refractivity (Wildman–Crippen MR) is 100 cm³/mol. The van der Waals surface area contributed by atoms with Crippen LogP contribution < -0.4 is 14.2 Å². The molecule has 0 saturated carbocycles. The van der Waals surface area contributed by atoms with Crippen LogP contribution in [0, 0.1) is 5.82 Å². The molecular formula is C21H24FNO3. The van der Waals surface area contributed by atoms with Gasteiger partial charge < -0.3 is 14.2 Å². The second-order valence-corrected chi connectivity index (χ2v) is 6.21. The molecule has 1 aliphatic rings. The van der Waals surface area contributed by atoms with Crippen LogP contribution in [0.1, 0.15) is 17.5 Å². The highest BCUT2D eigenvalue weighted by atomic mass is 19.1. The first-order valence-electron chi connectivity index (χ1n) is 8.61. The summed E-state index contributed by atoms with van der Waals surface area (Å²) in [5.74, 6) is 2.01. The Labute approximate surface area is 153 Å². The van der Waals surface area contributed by atoms with Gasteiger partial charge in [-0.05, 0) is 18.1 Å². The average molecular weight is 357 g/mol. The van der Waals surface area contributed by atoms with Crippen LogP contribution in [0.3, 0.4) is 0 Å². The molecule has 0 atom stereocenters. The predicted octanol–water partition coefficient (Wildman–Crippen LogP) is 4.14. The quantitative estimate of drug-likeness (QED) is 0.777. The number of nitrogens with zero attached hydrogens (tertiary/aromatic N) is 1. The maximum Gasteiger partial charge on any atom is 0.133 e. The third kappa shape index (κ3) is 3.83. The van der Waals surface area contributed by atoms with Gasteiger partial charge in [-0.25, -0.2) is 4.39 Å². The lowest BCUT2D eigenvalue weighted by Gasteiger charge is -2.28. The standard InChI is InChI=1S/C21H24FNO3/c1-24-17-12-19(25-2)21(20(13-17)26-3)15-8-10-23(11-9-15)14-16-6-4-5-7-18(16)22/h4-8,12-13H,9-11,14H2,1-3H3. The van der Waals surface area contributed by atoms with Gasteiger partial charge in [0.15, 0.2) is 0 Å². The number of benzene rings is 2. The van der Waals surface area contributed by atoms with Crippen molar-refractivity contribution < 1.29 is 18.6 Å². The van der Waals surface area contributed by atoms with Gasteiger partial charge in [-0.3, -0.25) is 4.90 Å². The molecule has 0 aromatic heterocycles. The van der Waals surface area contributed by atoms with E-state index < -0.39 is 0 Å². The van der Waals surface area contributed by atoms with Gasteiger partial charge in [-0.2, -0.15) is 0 Å². The molecule has 1 aliphatic heterocycles. The largest absolute Gasteiger partial charge is 0.496 e. The molecule has 0 bridgehead atoms. The van der Waals surface area contributed by atoms with Gasteiger partial charge >= 0.3 is 0 Å². The van der Waals surface area contributed by atoms with Crippen molar-refractivity contribution >= 4 is 5.57 Å². The van der Waals surface area contributed by atoms with E-state index in [9.17, 15) is 4.39 Å². The molecule has 2 aromatic carbocycles. The fraction of sp³-hybridized carbons (Fsp3) is 0.333. The molecule has 0 radical (unpaired) electrons. The van der Waals surface area contributed by atoms with Crippen LogP contribution in [-0.4, -0.2) is 39.3 Å². The molecule has 1 heterocycles. The van der Waals surface area contributed by atoms with E-state index in [0.29, 0.717) is 12.3 Å². The third-order valence-electron chi connectivity index (χ3n) is 4.68. The number of hydrogen-bond donors (Lipinski definition) is 0. The Morgan fingerprint density at radius 2 is 1.69 bits per heavy atom. The summed E-state index contributed by atoms with van der Waals surface area (Å²) < 4.78 is 30.3. The van der Waals surface area contributed by atoms with E-state index in [1.165, 1.54) is 11.6 Å². The molecule has 4 nitrogen and oxygen atoms in total. The average Bonchev–Trinajstić information content (AvgIpc) is 2.69. The van der Waals surface area contributed by atoms with Gasteiger partial charge in [0.2, 0.25) is 0 Å². The minimum absolute atomic E-state index is 0.152. The summed E-state index contributed by atoms with van der Waals surface area (Å²) in [6.07, 6.45) is 3.00. The SMILES string of the molecule is COc1cc(OC)c(C2=CCN(Cc3ccccc3F)CC2)c(OC)c1. The maximum atomic E-state index is 13.9. The lowest BCUT2D eigenvalue weighted by molar-refractivity contribution is 0.288. The van der Waals surface area contributed by atoms with Crippen LogP contribution in [0.2, 0.25) is 0 Å². The van der Waals surface area contributed by atoms with Crippen molar-refractivity contribution in [2.45, 2.75) is 13.0 Å². The van der Waals surface area contributed by atoms with Gasteiger partial charge in [0.1, 0.15) is 23.1 Å². The summed E-state index contributed by atoms with van der Waals surface area (Å²) >= 11 is 0. The van der Waals surface area contributed by atoms with Crippen molar-refractivity contribution in [3.05, 3.63) is 59.4 Å². The lowest BCUT2D eigenvalue weighted by Crippen LogP contribution is -2.28. The first-order valence-corrected chi connectivity index (χ1v) is 8.61. The molecule has 0 N–H and O–H groups in total. The summed E-state index contributed by atoms with van der Waals surface area (Å²) in [7, 11) is 4.91. The van der Waals surface area contributed by atoms with Crippen molar-refractivity contribution in [2.24, 2.45) is 0 Å². The van der Waals surface area contributed by atoms with E-state index in [4.69, 9.17) is 14.2 Å². The number of methoxy groups -OCH3 is 3. The molecule has 0 unspecified atom stereocenters. The first-order chi connectivity index (χ1) is 12.7. The summed E-state index contributed by atoms with van der Waals surface area (Å²) in [5, 5.41) is 0. The Morgan fingerprint density at radius 3 is 2.23 bits per heavy atom. The molecule has 0 amide bonds. The van der Waals surface area contributed by atoms with E-state index in [1.807, 2.05) is 24.3 Å². The first kappa shape index (κ1) is 18.3. The minimum atomic E-state index is -0.152. The molecular weight excluding hydrogens is 333 g/mol. The van der Waals surface area contributed by atoms with Gasteiger partial charge in [0.05, 0.1) is 26.9 Å². The maximum absolute atomic E-state index is 13.9. The number of halogens is 1. The van der Waals surface area contributed by atoms with E-state index in [-0.39, 0.29) is 5.82 Å². The Balaban J connectivity index is 1.82. The van der Waals surface area contributed by atoms with Gasteiger partial charge in [-0.1, -0.05) is 24.3 Å². The lowest BCUT2D eigenvalue weighted by atomic mass is 9.97. The van der Waals surface area contributed by atoms with Crippen LogP contribution in [0.5, 0.6) is 17.2 Å². The Kier molecular flexibility index (Phi) is 5.78. The van der Waals surface area contributed by atoms with E-state index >= 15 is 0 Å². The zero-order valence-electron chi connectivity index (χ0n) is 15.4. The molecule has 0 spiro atoms. The van der Waals surface area contributed by atoms with Gasteiger partial charge in [-0.15, -0.1) is 0 Å². The number of hydrogen-bond acceptors (Lipinski definition) is 4. The van der Waals surface area contributed by atoms with Crippen LogP contribution in [0.25, 0.3) is 5.57 Å².